The van der Waals surface area contributed by atoms with E-state index in [1.165, 1.54) is 141 Å². The van der Waals surface area contributed by atoms with Crippen LogP contribution in [0.2, 0.25) is 0 Å². The molecule has 0 aliphatic rings. The number of benzene rings is 1. The van der Waals surface area contributed by atoms with E-state index in [0.717, 1.165) is 11.0 Å². The van der Waals surface area contributed by atoms with E-state index in [-0.39, 0.29) is 4.90 Å². The Balaban J connectivity index is 2.92. The van der Waals surface area contributed by atoms with Gasteiger partial charge in [-0.15, -0.1) is 0 Å². The third-order valence-corrected chi connectivity index (χ3v) is 8.57. The summed E-state index contributed by atoms with van der Waals surface area (Å²) in [6.07, 6.45) is 23.7. The van der Waals surface area contributed by atoms with Crippen LogP contribution in [-0.2, 0) is 16.7 Å². The van der Waals surface area contributed by atoms with Crippen LogP contribution in [0.15, 0.2) is 29.2 Å². The van der Waals surface area contributed by atoms with Gasteiger partial charge < -0.3 is 4.48 Å². The second-order valence-electron chi connectivity index (χ2n) is 11.1. The molecule has 1 aromatic rings. The summed E-state index contributed by atoms with van der Waals surface area (Å²) < 4.78 is 33.6. The van der Waals surface area contributed by atoms with Crippen molar-refractivity contribution in [3.63, 3.8) is 0 Å². The smallest absolute Gasteiger partial charge is 0.294 e. The normalized spacial score (nSPS) is 12.3. The molecule has 0 spiro atoms. The van der Waals surface area contributed by atoms with Gasteiger partial charge in [0.1, 0.15) is 6.54 Å². The quantitative estimate of drug-likeness (QED) is 0.0832. The van der Waals surface area contributed by atoms with Gasteiger partial charge in [0.25, 0.3) is 10.1 Å². The van der Waals surface area contributed by atoms with Gasteiger partial charge in [0, 0.05) is 5.56 Å². The standard InChI is InChI=1S/C31H57NO3S/c1-4-7-10-13-16-19-26-32(27-20-17-14-11-8-5-2,28-21-18-15-12-9-6-3)29-30-22-24-31(25-23-30)36(33,34)35/h22-25H,4-21,26-29H2,1-3H3/p+1. The maximum absolute atomic E-state index is 11.5. The minimum Gasteiger partial charge on any atom is -0.320 e. The van der Waals surface area contributed by atoms with Crippen LogP contribution >= 0.6 is 0 Å². The highest BCUT2D eigenvalue weighted by Gasteiger charge is 2.27. The number of quaternary nitrogens is 1. The zero-order chi connectivity index (χ0) is 26.5. The Hall–Kier alpha value is -0.910. The summed E-state index contributed by atoms with van der Waals surface area (Å²) in [6.45, 7) is 11.4. The van der Waals surface area contributed by atoms with Crippen LogP contribution in [-0.4, -0.2) is 37.1 Å². The van der Waals surface area contributed by atoms with Gasteiger partial charge in [-0.1, -0.05) is 110 Å². The van der Waals surface area contributed by atoms with Crippen LogP contribution in [0.25, 0.3) is 0 Å². The first-order valence-corrected chi connectivity index (χ1v) is 16.7. The van der Waals surface area contributed by atoms with E-state index in [1.807, 2.05) is 12.1 Å². The topological polar surface area (TPSA) is 54.4 Å². The molecule has 0 atom stereocenters. The molecule has 1 aromatic carbocycles. The van der Waals surface area contributed by atoms with Crippen molar-refractivity contribution >= 4 is 10.1 Å². The number of nitrogens with zero attached hydrogens (tertiary/aromatic N) is 1. The summed E-state index contributed by atoms with van der Waals surface area (Å²) >= 11 is 0. The summed E-state index contributed by atoms with van der Waals surface area (Å²) in [5, 5.41) is 0. The first kappa shape index (κ1) is 33.1. The first-order valence-electron chi connectivity index (χ1n) is 15.3. The predicted octanol–water partition coefficient (Wildman–Crippen LogP) is 9.33. The fraction of sp³-hybridized carbons (Fsp3) is 0.806. The van der Waals surface area contributed by atoms with Crippen molar-refractivity contribution in [2.75, 3.05) is 19.6 Å². The molecular formula is C31H58NO3S+. The molecule has 210 valence electrons. The lowest BCUT2D eigenvalue weighted by Gasteiger charge is -2.39. The van der Waals surface area contributed by atoms with Crippen molar-refractivity contribution < 1.29 is 17.5 Å². The molecule has 0 radical (unpaired) electrons. The average molecular weight is 525 g/mol. The fourth-order valence-electron chi connectivity index (χ4n) is 5.41. The van der Waals surface area contributed by atoms with E-state index in [9.17, 15) is 13.0 Å². The Bertz CT molecular complexity index is 705. The van der Waals surface area contributed by atoms with Crippen LogP contribution in [0.4, 0.5) is 0 Å². The summed E-state index contributed by atoms with van der Waals surface area (Å²) in [7, 11) is -4.14. The van der Waals surface area contributed by atoms with Crippen LogP contribution in [0.3, 0.4) is 0 Å². The molecule has 5 heteroatoms. The zero-order valence-corrected chi connectivity index (χ0v) is 24.8. The van der Waals surface area contributed by atoms with Crippen molar-refractivity contribution in [1.29, 1.82) is 0 Å². The molecule has 0 aromatic heterocycles. The lowest BCUT2D eigenvalue weighted by Crippen LogP contribution is -2.49. The molecule has 0 aliphatic heterocycles. The number of hydrogen-bond acceptors (Lipinski definition) is 2. The summed E-state index contributed by atoms with van der Waals surface area (Å²) in [6, 6.07) is 6.97. The largest absolute Gasteiger partial charge is 0.320 e. The lowest BCUT2D eigenvalue weighted by atomic mass is 10.0. The van der Waals surface area contributed by atoms with Crippen LogP contribution in [0, 0.1) is 0 Å². The molecule has 0 bridgehead atoms. The maximum Gasteiger partial charge on any atom is 0.294 e. The lowest BCUT2D eigenvalue weighted by molar-refractivity contribution is -0.941. The van der Waals surface area contributed by atoms with E-state index >= 15 is 0 Å². The molecule has 1 rings (SSSR count). The Labute approximate surface area is 224 Å². The first-order chi connectivity index (χ1) is 17.4. The van der Waals surface area contributed by atoms with E-state index in [1.54, 1.807) is 12.1 Å². The molecule has 0 saturated carbocycles. The summed E-state index contributed by atoms with van der Waals surface area (Å²) in [5.74, 6) is 0. The second kappa shape index (κ2) is 20.1. The van der Waals surface area contributed by atoms with Gasteiger partial charge >= 0.3 is 0 Å². The molecule has 4 nitrogen and oxygen atoms in total. The highest BCUT2D eigenvalue weighted by atomic mass is 32.2. The zero-order valence-electron chi connectivity index (χ0n) is 24.0. The molecule has 36 heavy (non-hydrogen) atoms. The fourth-order valence-corrected chi connectivity index (χ4v) is 5.89. The molecule has 0 heterocycles. The number of rotatable bonds is 24. The SMILES string of the molecule is CCCCCCCC[N+](CCCCCCCC)(CCCCCCCC)Cc1ccc(S(=O)(=O)O)cc1. The average Bonchev–Trinajstić information content (AvgIpc) is 2.85. The van der Waals surface area contributed by atoms with Crippen LogP contribution in [0.5, 0.6) is 0 Å². The molecule has 0 saturated heterocycles. The minimum absolute atomic E-state index is 0.00729. The van der Waals surface area contributed by atoms with Crippen molar-refractivity contribution in [2.45, 2.75) is 148 Å². The molecule has 0 aliphatic carbocycles. The summed E-state index contributed by atoms with van der Waals surface area (Å²) in [5.41, 5.74) is 1.19. The molecule has 0 fully saturated rings. The van der Waals surface area contributed by atoms with Gasteiger partial charge in [-0.05, 0) is 50.7 Å². The monoisotopic (exact) mass is 524 g/mol. The second-order valence-corrected chi connectivity index (χ2v) is 12.5. The Morgan fingerprint density at radius 1 is 0.556 bits per heavy atom. The number of hydrogen-bond donors (Lipinski definition) is 1. The summed E-state index contributed by atoms with van der Waals surface area (Å²) in [4.78, 5) is -0.00729. The highest BCUT2D eigenvalue weighted by Crippen LogP contribution is 2.23. The third kappa shape index (κ3) is 15.4. The molecule has 0 unspecified atom stereocenters. The predicted molar refractivity (Wildman–Crippen MR) is 155 cm³/mol. The van der Waals surface area contributed by atoms with Gasteiger partial charge in [0.2, 0.25) is 0 Å². The van der Waals surface area contributed by atoms with E-state index in [4.69, 9.17) is 0 Å². The molecule has 1 N–H and O–H groups in total. The van der Waals surface area contributed by atoms with E-state index in [2.05, 4.69) is 20.8 Å². The van der Waals surface area contributed by atoms with Crippen molar-refractivity contribution in [1.82, 2.24) is 0 Å². The van der Waals surface area contributed by atoms with Crippen LogP contribution in [0.1, 0.15) is 142 Å². The van der Waals surface area contributed by atoms with Gasteiger partial charge in [0.15, 0.2) is 0 Å². The van der Waals surface area contributed by atoms with Crippen molar-refractivity contribution in [3.05, 3.63) is 29.8 Å². The van der Waals surface area contributed by atoms with Gasteiger partial charge in [-0.3, -0.25) is 4.55 Å². The van der Waals surface area contributed by atoms with Gasteiger partial charge in [-0.2, -0.15) is 8.42 Å². The molecule has 0 amide bonds. The Kier molecular flexibility index (Phi) is 18.5. The van der Waals surface area contributed by atoms with Gasteiger partial charge in [0.05, 0.1) is 24.5 Å². The Morgan fingerprint density at radius 3 is 1.22 bits per heavy atom. The van der Waals surface area contributed by atoms with Crippen molar-refractivity contribution in [2.24, 2.45) is 0 Å². The van der Waals surface area contributed by atoms with Crippen molar-refractivity contribution in [3.8, 4) is 0 Å². The van der Waals surface area contributed by atoms with Gasteiger partial charge in [-0.25, -0.2) is 0 Å². The third-order valence-electron chi connectivity index (χ3n) is 7.70. The van der Waals surface area contributed by atoms with E-state index in [0.29, 0.717) is 0 Å². The minimum atomic E-state index is -4.14. The highest BCUT2D eigenvalue weighted by molar-refractivity contribution is 7.85. The Morgan fingerprint density at radius 2 is 0.889 bits per heavy atom. The van der Waals surface area contributed by atoms with E-state index < -0.39 is 10.1 Å². The number of unbranched alkanes of at least 4 members (excludes halogenated alkanes) is 15. The van der Waals surface area contributed by atoms with Crippen LogP contribution < -0.4 is 0 Å². The maximum atomic E-state index is 11.5. The molecular weight excluding hydrogens is 466 g/mol.